The van der Waals surface area contributed by atoms with Crippen LogP contribution in [0.15, 0.2) is 12.1 Å². The number of ether oxygens (including phenoxy) is 3. The average Bonchev–Trinajstić information content (AvgIpc) is 2.59. The zero-order valence-corrected chi connectivity index (χ0v) is 13.1. The zero-order valence-electron chi connectivity index (χ0n) is 13.1. The molecule has 2 saturated heterocycles. The van der Waals surface area contributed by atoms with Crippen LogP contribution in [-0.2, 0) is 14.2 Å². The Kier molecular flexibility index (Phi) is 5.26. The highest BCUT2D eigenvalue weighted by atomic mass is 19.1. The molecule has 0 aromatic heterocycles. The van der Waals surface area contributed by atoms with Gasteiger partial charge in [0.1, 0.15) is 11.6 Å². The molecule has 1 aromatic carbocycles. The zero-order chi connectivity index (χ0) is 16.4. The third-order valence-electron chi connectivity index (χ3n) is 4.69. The van der Waals surface area contributed by atoms with Crippen LogP contribution in [-0.4, -0.2) is 37.6 Å². The minimum Gasteiger partial charge on any atom is -0.396 e. The van der Waals surface area contributed by atoms with E-state index in [1.54, 1.807) is 0 Å². The number of aliphatic hydroxyl groups is 1. The van der Waals surface area contributed by atoms with Gasteiger partial charge in [-0.2, -0.15) is 0 Å². The van der Waals surface area contributed by atoms with Gasteiger partial charge in [0, 0.05) is 29.6 Å². The van der Waals surface area contributed by atoms with Crippen molar-refractivity contribution in [2.24, 2.45) is 11.8 Å². The molecule has 2 atom stereocenters. The summed E-state index contributed by atoms with van der Waals surface area (Å²) in [5.41, 5.74) is 0.352. The van der Waals surface area contributed by atoms with Gasteiger partial charge in [-0.05, 0) is 31.9 Å². The molecule has 1 aromatic rings. The van der Waals surface area contributed by atoms with Gasteiger partial charge in [-0.25, -0.2) is 8.78 Å². The Morgan fingerprint density at radius 3 is 2.22 bits per heavy atom. The topological polar surface area (TPSA) is 47.9 Å². The first-order chi connectivity index (χ1) is 11.1. The molecule has 4 nitrogen and oxygen atoms in total. The number of halogens is 2. The standard InChI is InChI=1S/C17H22F2O4/c1-10-14(18)4-12(5-15(10)19)17-22-8-13(9-23-17)16-3-2-11(6-20)7-21-16/h4-5,11,13,16-17,20H,2-3,6-9H2,1H3. The molecule has 2 aliphatic rings. The van der Waals surface area contributed by atoms with E-state index in [9.17, 15) is 8.78 Å². The Morgan fingerprint density at radius 2 is 1.70 bits per heavy atom. The molecule has 2 unspecified atom stereocenters. The summed E-state index contributed by atoms with van der Waals surface area (Å²) in [5, 5.41) is 9.12. The van der Waals surface area contributed by atoms with Gasteiger partial charge in [-0.3, -0.25) is 0 Å². The van der Waals surface area contributed by atoms with E-state index >= 15 is 0 Å². The lowest BCUT2D eigenvalue weighted by molar-refractivity contribution is -0.228. The highest BCUT2D eigenvalue weighted by molar-refractivity contribution is 5.26. The van der Waals surface area contributed by atoms with Gasteiger partial charge < -0.3 is 19.3 Å². The molecule has 6 heteroatoms. The first-order valence-corrected chi connectivity index (χ1v) is 7.99. The lowest BCUT2D eigenvalue weighted by atomic mass is 9.92. The fraction of sp³-hybridized carbons (Fsp3) is 0.647. The fourth-order valence-electron chi connectivity index (χ4n) is 3.07. The molecule has 23 heavy (non-hydrogen) atoms. The summed E-state index contributed by atoms with van der Waals surface area (Å²) < 4.78 is 44.4. The van der Waals surface area contributed by atoms with E-state index in [0.29, 0.717) is 25.4 Å². The largest absolute Gasteiger partial charge is 0.396 e. The van der Waals surface area contributed by atoms with E-state index in [1.807, 2.05) is 0 Å². The van der Waals surface area contributed by atoms with E-state index in [0.717, 1.165) is 12.8 Å². The maximum atomic E-state index is 13.6. The number of rotatable bonds is 3. The van der Waals surface area contributed by atoms with Gasteiger partial charge in [0.25, 0.3) is 0 Å². The first kappa shape index (κ1) is 16.8. The summed E-state index contributed by atoms with van der Waals surface area (Å²) in [6, 6.07) is 2.51. The van der Waals surface area contributed by atoms with Crippen LogP contribution in [0.25, 0.3) is 0 Å². The van der Waals surface area contributed by atoms with Crippen molar-refractivity contribution in [1.82, 2.24) is 0 Å². The van der Waals surface area contributed by atoms with E-state index in [-0.39, 0.29) is 30.1 Å². The minimum atomic E-state index is -0.746. The molecule has 1 N–H and O–H groups in total. The maximum Gasteiger partial charge on any atom is 0.184 e. The first-order valence-electron chi connectivity index (χ1n) is 7.99. The molecule has 0 saturated carbocycles. The molecular weight excluding hydrogens is 306 g/mol. The second-order valence-electron chi connectivity index (χ2n) is 6.37. The third kappa shape index (κ3) is 3.71. The summed E-state index contributed by atoms with van der Waals surface area (Å²) in [7, 11) is 0. The van der Waals surface area contributed by atoms with Crippen LogP contribution in [0.3, 0.4) is 0 Å². The minimum absolute atomic E-state index is 0.00326. The van der Waals surface area contributed by atoms with Crippen molar-refractivity contribution in [2.75, 3.05) is 26.4 Å². The SMILES string of the molecule is Cc1c(F)cc(C2OCC(C3CCC(CO)CO3)CO2)cc1F. The highest BCUT2D eigenvalue weighted by Crippen LogP contribution is 2.32. The van der Waals surface area contributed by atoms with Gasteiger partial charge >= 0.3 is 0 Å². The highest BCUT2D eigenvalue weighted by Gasteiger charge is 2.33. The monoisotopic (exact) mass is 328 g/mol. The maximum absolute atomic E-state index is 13.6. The second kappa shape index (κ2) is 7.21. The summed E-state index contributed by atoms with van der Waals surface area (Å²) in [6.45, 7) is 2.95. The smallest absolute Gasteiger partial charge is 0.184 e. The van der Waals surface area contributed by atoms with E-state index < -0.39 is 17.9 Å². The van der Waals surface area contributed by atoms with Crippen LogP contribution in [0.2, 0.25) is 0 Å². The number of hydrogen-bond donors (Lipinski definition) is 1. The van der Waals surface area contributed by atoms with Crippen molar-refractivity contribution >= 4 is 0 Å². The number of aliphatic hydroxyl groups excluding tert-OH is 1. The Hall–Kier alpha value is -1.08. The Morgan fingerprint density at radius 1 is 1.04 bits per heavy atom. The van der Waals surface area contributed by atoms with E-state index in [1.165, 1.54) is 19.1 Å². The lowest BCUT2D eigenvalue weighted by Gasteiger charge is -2.37. The molecule has 0 spiro atoms. The molecule has 2 fully saturated rings. The average molecular weight is 328 g/mol. The van der Waals surface area contributed by atoms with Crippen molar-refractivity contribution in [3.8, 4) is 0 Å². The summed E-state index contributed by atoms with van der Waals surface area (Å²) >= 11 is 0. The van der Waals surface area contributed by atoms with Gasteiger partial charge in [0.15, 0.2) is 6.29 Å². The summed E-state index contributed by atoms with van der Waals surface area (Å²) in [4.78, 5) is 0. The van der Waals surface area contributed by atoms with Crippen molar-refractivity contribution in [3.05, 3.63) is 34.9 Å². The van der Waals surface area contributed by atoms with Gasteiger partial charge in [-0.1, -0.05) is 0 Å². The normalized spacial score (nSPS) is 32.0. The Balaban J connectivity index is 1.56. The molecule has 0 amide bonds. The molecule has 128 valence electrons. The van der Waals surface area contributed by atoms with Crippen molar-refractivity contribution in [1.29, 1.82) is 0 Å². The number of hydrogen-bond acceptors (Lipinski definition) is 4. The van der Waals surface area contributed by atoms with Crippen molar-refractivity contribution in [3.63, 3.8) is 0 Å². The Bertz CT molecular complexity index is 512. The van der Waals surface area contributed by atoms with Crippen LogP contribution in [0.4, 0.5) is 8.78 Å². The number of benzene rings is 1. The molecule has 3 rings (SSSR count). The fourth-order valence-corrected chi connectivity index (χ4v) is 3.07. The quantitative estimate of drug-likeness (QED) is 0.927. The van der Waals surface area contributed by atoms with Gasteiger partial charge in [0.05, 0.1) is 25.9 Å². The van der Waals surface area contributed by atoms with Crippen molar-refractivity contribution < 1.29 is 28.1 Å². The van der Waals surface area contributed by atoms with Crippen LogP contribution in [0.1, 0.15) is 30.3 Å². The van der Waals surface area contributed by atoms with Crippen molar-refractivity contribution in [2.45, 2.75) is 32.2 Å². The molecule has 2 heterocycles. The summed E-state index contributed by atoms with van der Waals surface area (Å²) in [6.07, 6.45) is 1.09. The third-order valence-corrected chi connectivity index (χ3v) is 4.69. The predicted molar refractivity (Wildman–Crippen MR) is 78.8 cm³/mol. The van der Waals surface area contributed by atoms with Crippen LogP contribution < -0.4 is 0 Å². The molecular formula is C17H22F2O4. The Labute approximate surface area is 134 Å². The van der Waals surface area contributed by atoms with Crippen LogP contribution in [0.5, 0.6) is 0 Å². The van der Waals surface area contributed by atoms with Crippen LogP contribution >= 0.6 is 0 Å². The molecule has 0 aliphatic carbocycles. The van der Waals surface area contributed by atoms with E-state index in [4.69, 9.17) is 19.3 Å². The molecule has 2 aliphatic heterocycles. The van der Waals surface area contributed by atoms with E-state index in [2.05, 4.69) is 0 Å². The molecule has 0 radical (unpaired) electrons. The van der Waals surface area contributed by atoms with Gasteiger partial charge in [-0.15, -0.1) is 0 Å². The van der Waals surface area contributed by atoms with Crippen LogP contribution in [0, 0.1) is 30.4 Å². The summed E-state index contributed by atoms with van der Waals surface area (Å²) in [5.74, 6) is -0.881. The lowest BCUT2D eigenvalue weighted by Crippen LogP contribution is -2.40. The predicted octanol–water partition coefficient (Wildman–Crippen LogP) is 2.72. The van der Waals surface area contributed by atoms with Gasteiger partial charge in [0.2, 0.25) is 0 Å². The molecule has 0 bridgehead atoms. The second-order valence-corrected chi connectivity index (χ2v) is 6.37.